The fourth-order valence-corrected chi connectivity index (χ4v) is 3.00. The van der Waals surface area contributed by atoms with E-state index in [1.54, 1.807) is 13.2 Å². The van der Waals surface area contributed by atoms with Crippen molar-refractivity contribution in [2.24, 2.45) is 0 Å². The van der Waals surface area contributed by atoms with Crippen LogP contribution in [0.15, 0.2) is 57.4 Å². The van der Waals surface area contributed by atoms with Crippen molar-refractivity contribution < 1.29 is 13.9 Å². The predicted octanol–water partition coefficient (Wildman–Crippen LogP) is 3.92. The van der Waals surface area contributed by atoms with Crippen molar-refractivity contribution in [3.8, 4) is 17.1 Å². The number of methoxy groups -OCH3 is 1. The first-order valence-electron chi connectivity index (χ1n) is 8.15. The lowest BCUT2D eigenvalue weighted by atomic mass is 10.2. The van der Waals surface area contributed by atoms with E-state index in [1.165, 1.54) is 0 Å². The van der Waals surface area contributed by atoms with Crippen molar-refractivity contribution in [2.45, 2.75) is 6.54 Å². The maximum atomic E-state index is 12.3. The van der Waals surface area contributed by atoms with Gasteiger partial charge in [0.1, 0.15) is 17.2 Å². The normalized spacial score (nSPS) is 10.9. The maximum absolute atomic E-state index is 12.3. The average Bonchev–Trinajstić information content (AvgIpc) is 3.33. The van der Waals surface area contributed by atoms with Crippen LogP contribution in [0.25, 0.3) is 22.4 Å². The zero-order chi connectivity index (χ0) is 18.8. The van der Waals surface area contributed by atoms with Crippen molar-refractivity contribution in [1.82, 2.24) is 20.5 Å². The Bertz CT molecular complexity index is 1100. The Kier molecular flexibility index (Phi) is 4.64. The molecule has 0 atom stereocenters. The lowest BCUT2D eigenvalue weighted by Crippen LogP contribution is -2.22. The summed E-state index contributed by atoms with van der Waals surface area (Å²) >= 11 is 3.40. The number of rotatable bonds is 5. The molecule has 0 saturated heterocycles. The Morgan fingerprint density at radius 2 is 2.04 bits per heavy atom. The number of amides is 1. The monoisotopic (exact) mass is 426 g/mol. The summed E-state index contributed by atoms with van der Waals surface area (Å²) in [4.78, 5) is 16.7. The molecule has 0 spiro atoms. The van der Waals surface area contributed by atoms with Gasteiger partial charge in [-0.2, -0.15) is 5.10 Å². The molecule has 0 aliphatic carbocycles. The van der Waals surface area contributed by atoms with E-state index in [4.69, 9.17) is 9.15 Å². The van der Waals surface area contributed by atoms with E-state index in [2.05, 4.69) is 36.4 Å². The number of furan rings is 1. The van der Waals surface area contributed by atoms with Crippen LogP contribution in [-0.4, -0.2) is 28.2 Å². The molecule has 7 nitrogen and oxygen atoms in total. The van der Waals surface area contributed by atoms with E-state index in [-0.39, 0.29) is 18.2 Å². The highest BCUT2D eigenvalue weighted by Crippen LogP contribution is 2.23. The first-order chi connectivity index (χ1) is 13.1. The van der Waals surface area contributed by atoms with Crippen LogP contribution in [-0.2, 0) is 6.54 Å². The highest BCUT2D eigenvalue weighted by atomic mass is 79.9. The molecule has 0 radical (unpaired) electrons. The molecule has 2 aromatic carbocycles. The molecule has 4 rings (SSSR count). The van der Waals surface area contributed by atoms with Gasteiger partial charge >= 0.3 is 0 Å². The summed E-state index contributed by atoms with van der Waals surface area (Å²) in [7, 11) is 1.61. The molecule has 0 saturated carbocycles. The Morgan fingerprint density at radius 1 is 1.22 bits per heavy atom. The molecule has 8 heteroatoms. The standard InChI is InChI=1S/C19H15BrN4O3/c1-26-14-5-2-11(3-6-14)18-22-17(23-24-18)10-21-19(25)16-9-12-8-13(20)4-7-15(12)27-16/h2-9H,10H2,1H3,(H,21,25)(H,22,23,24). The number of ether oxygens (including phenoxy) is 1. The van der Waals surface area contributed by atoms with Gasteiger partial charge in [0.25, 0.3) is 5.91 Å². The molecule has 2 aromatic heterocycles. The number of nitrogens with zero attached hydrogens (tertiary/aromatic N) is 2. The smallest absolute Gasteiger partial charge is 0.287 e. The fourth-order valence-electron chi connectivity index (χ4n) is 2.62. The van der Waals surface area contributed by atoms with Gasteiger partial charge in [-0.1, -0.05) is 15.9 Å². The van der Waals surface area contributed by atoms with E-state index < -0.39 is 0 Å². The highest BCUT2D eigenvalue weighted by Gasteiger charge is 2.13. The number of aromatic nitrogens is 3. The largest absolute Gasteiger partial charge is 0.497 e. The average molecular weight is 427 g/mol. The Labute approximate surface area is 162 Å². The highest BCUT2D eigenvalue weighted by molar-refractivity contribution is 9.10. The summed E-state index contributed by atoms with van der Waals surface area (Å²) in [6.07, 6.45) is 0. The van der Waals surface area contributed by atoms with Crippen LogP contribution in [0.3, 0.4) is 0 Å². The molecule has 0 aliphatic heterocycles. The van der Waals surface area contributed by atoms with Crippen LogP contribution in [0.4, 0.5) is 0 Å². The van der Waals surface area contributed by atoms with E-state index in [1.807, 2.05) is 42.5 Å². The number of carbonyl (C=O) groups excluding carboxylic acids is 1. The van der Waals surface area contributed by atoms with Crippen molar-refractivity contribution in [2.75, 3.05) is 7.11 Å². The third-order valence-electron chi connectivity index (χ3n) is 4.00. The maximum Gasteiger partial charge on any atom is 0.287 e. The summed E-state index contributed by atoms with van der Waals surface area (Å²) in [5, 5.41) is 10.6. The molecule has 136 valence electrons. The number of nitrogens with one attached hydrogen (secondary N) is 2. The number of halogens is 1. The number of benzene rings is 2. The molecule has 4 aromatic rings. The van der Waals surface area contributed by atoms with Gasteiger partial charge in [0.15, 0.2) is 11.6 Å². The van der Waals surface area contributed by atoms with E-state index in [0.717, 1.165) is 21.2 Å². The summed E-state index contributed by atoms with van der Waals surface area (Å²) in [6, 6.07) is 14.7. The van der Waals surface area contributed by atoms with Crippen molar-refractivity contribution in [3.63, 3.8) is 0 Å². The van der Waals surface area contributed by atoms with Crippen LogP contribution in [0.5, 0.6) is 5.75 Å². The van der Waals surface area contributed by atoms with Crippen LogP contribution >= 0.6 is 15.9 Å². The van der Waals surface area contributed by atoms with Gasteiger partial charge in [-0.3, -0.25) is 9.89 Å². The molecule has 2 heterocycles. The summed E-state index contributed by atoms with van der Waals surface area (Å²) in [6.45, 7) is 0.211. The Morgan fingerprint density at radius 3 is 2.81 bits per heavy atom. The minimum atomic E-state index is -0.315. The van der Waals surface area contributed by atoms with Gasteiger partial charge in [-0.05, 0) is 48.5 Å². The van der Waals surface area contributed by atoms with E-state index in [9.17, 15) is 4.79 Å². The second-order valence-electron chi connectivity index (χ2n) is 5.81. The first kappa shape index (κ1) is 17.3. The number of hydrogen-bond donors (Lipinski definition) is 2. The van der Waals surface area contributed by atoms with Crippen molar-refractivity contribution >= 4 is 32.8 Å². The lowest BCUT2D eigenvalue weighted by molar-refractivity contribution is 0.0924. The van der Waals surface area contributed by atoms with Gasteiger partial charge in [-0.15, -0.1) is 0 Å². The SMILES string of the molecule is COc1ccc(-c2n[nH]c(CNC(=O)c3cc4cc(Br)ccc4o3)n2)cc1. The van der Waals surface area contributed by atoms with Crippen molar-refractivity contribution in [3.05, 3.63) is 64.6 Å². The molecule has 0 unspecified atom stereocenters. The summed E-state index contributed by atoms with van der Waals surface area (Å²) in [5.41, 5.74) is 1.51. The minimum Gasteiger partial charge on any atom is -0.497 e. The van der Waals surface area contributed by atoms with Gasteiger partial charge < -0.3 is 14.5 Å². The third-order valence-corrected chi connectivity index (χ3v) is 4.49. The molecule has 2 N–H and O–H groups in total. The zero-order valence-corrected chi connectivity index (χ0v) is 15.9. The molecule has 0 fully saturated rings. The van der Waals surface area contributed by atoms with Gasteiger partial charge in [0.05, 0.1) is 13.7 Å². The quantitative estimate of drug-likeness (QED) is 0.504. The minimum absolute atomic E-state index is 0.211. The molecule has 1 amide bonds. The molecular weight excluding hydrogens is 412 g/mol. The second kappa shape index (κ2) is 7.24. The summed E-state index contributed by atoms with van der Waals surface area (Å²) < 4.78 is 11.6. The van der Waals surface area contributed by atoms with Crippen LogP contribution < -0.4 is 10.1 Å². The topological polar surface area (TPSA) is 93.0 Å². The Balaban J connectivity index is 1.43. The first-order valence-corrected chi connectivity index (χ1v) is 8.95. The van der Waals surface area contributed by atoms with Crippen LogP contribution in [0.2, 0.25) is 0 Å². The molecule has 0 aliphatic rings. The second-order valence-corrected chi connectivity index (χ2v) is 6.73. The zero-order valence-electron chi connectivity index (χ0n) is 14.3. The number of aromatic amines is 1. The lowest BCUT2D eigenvalue weighted by Gasteiger charge is -2.00. The van der Waals surface area contributed by atoms with Gasteiger partial charge in [-0.25, -0.2) is 4.98 Å². The van der Waals surface area contributed by atoms with Crippen LogP contribution in [0, 0.1) is 0 Å². The Hall–Kier alpha value is -3.13. The van der Waals surface area contributed by atoms with Gasteiger partial charge in [0.2, 0.25) is 0 Å². The van der Waals surface area contributed by atoms with Crippen molar-refractivity contribution in [1.29, 1.82) is 0 Å². The van der Waals surface area contributed by atoms with E-state index >= 15 is 0 Å². The predicted molar refractivity (Wildman–Crippen MR) is 103 cm³/mol. The third kappa shape index (κ3) is 3.70. The van der Waals surface area contributed by atoms with Crippen LogP contribution in [0.1, 0.15) is 16.4 Å². The number of H-pyrrole nitrogens is 1. The molecule has 27 heavy (non-hydrogen) atoms. The van der Waals surface area contributed by atoms with Gasteiger partial charge in [0, 0.05) is 15.4 Å². The molecular formula is C19H15BrN4O3. The number of carbonyl (C=O) groups is 1. The number of fused-ring (bicyclic) bond motifs is 1. The molecule has 0 bridgehead atoms. The fraction of sp³-hybridized carbons (Fsp3) is 0.105. The van der Waals surface area contributed by atoms with E-state index in [0.29, 0.717) is 17.2 Å². The summed E-state index contributed by atoms with van der Waals surface area (Å²) in [5.74, 6) is 1.80. The number of hydrogen-bond acceptors (Lipinski definition) is 5.